The molecular weight excluding hydrogens is 372 g/mol. The predicted octanol–water partition coefficient (Wildman–Crippen LogP) is 3.02. The lowest BCUT2D eigenvalue weighted by atomic mass is 10.2. The highest BCUT2D eigenvalue weighted by atomic mass is 79.9. The molecule has 1 heterocycles. The molecule has 1 amide bonds. The first-order chi connectivity index (χ1) is 11.6. The molecule has 1 fully saturated rings. The molecule has 128 valence electrons. The van der Waals surface area contributed by atoms with Crippen molar-refractivity contribution in [3.63, 3.8) is 0 Å². The Labute approximate surface area is 149 Å². The minimum Gasteiger partial charge on any atom is -0.385 e. The third kappa shape index (κ3) is 3.67. The van der Waals surface area contributed by atoms with Crippen LogP contribution in [-0.2, 0) is 4.74 Å². The van der Waals surface area contributed by atoms with Crippen LogP contribution in [0.4, 0.5) is 0 Å². The number of amides is 1. The lowest BCUT2D eigenvalue weighted by molar-refractivity contribution is 0.0772. The highest BCUT2D eigenvalue weighted by Gasteiger charge is 2.35. The van der Waals surface area contributed by atoms with E-state index >= 15 is 0 Å². The van der Waals surface area contributed by atoms with Crippen LogP contribution >= 0.6 is 15.9 Å². The Morgan fingerprint density at radius 3 is 2.71 bits per heavy atom. The van der Waals surface area contributed by atoms with Crippen molar-refractivity contribution in [2.24, 2.45) is 0 Å². The fraction of sp³-hybridized carbons (Fsp3) is 0.471. The lowest BCUT2D eigenvalue weighted by Gasteiger charge is -2.16. The van der Waals surface area contributed by atoms with Gasteiger partial charge in [-0.25, -0.2) is 4.68 Å². The van der Waals surface area contributed by atoms with Crippen molar-refractivity contribution in [3.05, 3.63) is 40.1 Å². The molecule has 0 bridgehead atoms. The molecule has 24 heavy (non-hydrogen) atoms. The summed E-state index contributed by atoms with van der Waals surface area (Å²) in [6.07, 6.45) is 2.97. The van der Waals surface area contributed by atoms with Gasteiger partial charge in [0.05, 0.1) is 11.4 Å². The summed E-state index contributed by atoms with van der Waals surface area (Å²) in [6, 6.07) is 7.88. The summed E-state index contributed by atoms with van der Waals surface area (Å²) in [7, 11) is 3.46. The van der Waals surface area contributed by atoms with E-state index in [9.17, 15) is 4.79 Å². The molecule has 3 rings (SSSR count). The third-order valence-electron chi connectivity index (χ3n) is 4.13. The second-order valence-corrected chi connectivity index (χ2v) is 6.97. The summed E-state index contributed by atoms with van der Waals surface area (Å²) in [5, 5.41) is 8.46. The Bertz CT molecular complexity index is 710. The second kappa shape index (κ2) is 7.44. The highest BCUT2D eigenvalue weighted by Crippen LogP contribution is 2.42. The number of hydrogen-bond acceptors (Lipinski definition) is 4. The van der Waals surface area contributed by atoms with E-state index in [0.29, 0.717) is 24.8 Å². The van der Waals surface area contributed by atoms with Gasteiger partial charge in [0.2, 0.25) is 0 Å². The Balaban J connectivity index is 1.86. The second-order valence-electron chi connectivity index (χ2n) is 6.06. The van der Waals surface area contributed by atoms with E-state index in [0.717, 1.165) is 35.1 Å². The molecule has 0 radical (unpaired) electrons. The van der Waals surface area contributed by atoms with Crippen molar-refractivity contribution in [1.29, 1.82) is 0 Å². The van der Waals surface area contributed by atoms with E-state index in [1.807, 2.05) is 24.3 Å². The van der Waals surface area contributed by atoms with Gasteiger partial charge in [-0.15, -0.1) is 5.10 Å². The Morgan fingerprint density at radius 2 is 2.08 bits per heavy atom. The average molecular weight is 393 g/mol. The molecule has 7 heteroatoms. The number of rotatable bonds is 7. The number of halogens is 1. The van der Waals surface area contributed by atoms with Gasteiger partial charge in [0.25, 0.3) is 5.91 Å². The number of hydrogen-bond donors (Lipinski definition) is 0. The number of ether oxygens (including phenoxy) is 1. The van der Waals surface area contributed by atoms with Crippen LogP contribution in [0.1, 0.15) is 41.4 Å². The fourth-order valence-electron chi connectivity index (χ4n) is 2.67. The minimum absolute atomic E-state index is 0.0728. The topological polar surface area (TPSA) is 60.2 Å². The number of benzene rings is 1. The maximum atomic E-state index is 12.8. The smallest absolute Gasteiger partial charge is 0.276 e. The van der Waals surface area contributed by atoms with E-state index in [1.54, 1.807) is 23.7 Å². The van der Waals surface area contributed by atoms with Crippen molar-refractivity contribution in [3.8, 4) is 5.69 Å². The van der Waals surface area contributed by atoms with Crippen LogP contribution in [-0.4, -0.2) is 53.1 Å². The van der Waals surface area contributed by atoms with Crippen LogP contribution in [0.25, 0.3) is 5.69 Å². The van der Waals surface area contributed by atoms with Crippen LogP contribution in [0.2, 0.25) is 0 Å². The summed E-state index contributed by atoms with van der Waals surface area (Å²) in [5.74, 6) is 0.298. The normalized spacial score (nSPS) is 14.0. The van der Waals surface area contributed by atoms with E-state index in [1.165, 1.54) is 0 Å². The van der Waals surface area contributed by atoms with Gasteiger partial charge in [0.1, 0.15) is 0 Å². The first-order valence-corrected chi connectivity index (χ1v) is 8.87. The molecule has 2 aromatic rings. The molecule has 0 unspecified atom stereocenters. The van der Waals surface area contributed by atoms with Gasteiger partial charge in [0, 0.05) is 37.7 Å². The standard InChI is InChI=1S/C17H21BrN4O2/c1-21(10-3-11-24-2)17(23)15-16(12-4-5-12)22(20-19-15)14-8-6-13(18)7-9-14/h6-9,12H,3-5,10-11H2,1-2H3. The molecule has 0 aliphatic heterocycles. The molecule has 0 atom stereocenters. The zero-order valence-corrected chi connectivity index (χ0v) is 15.5. The molecule has 1 aromatic carbocycles. The van der Waals surface area contributed by atoms with Gasteiger partial charge < -0.3 is 9.64 Å². The van der Waals surface area contributed by atoms with E-state index in [4.69, 9.17) is 4.74 Å². The average Bonchev–Trinajstić information content (AvgIpc) is 3.33. The van der Waals surface area contributed by atoms with Crippen LogP contribution < -0.4 is 0 Å². The van der Waals surface area contributed by atoms with Gasteiger partial charge in [0.15, 0.2) is 5.69 Å². The first-order valence-electron chi connectivity index (χ1n) is 8.07. The molecule has 0 saturated heterocycles. The molecule has 0 spiro atoms. The van der Waals surface area contributed by atoms with Crippen LogP contribution in [0.3, 0.4) is 0 Å². The maximum Gasteiger partial charge on any atom is 0.276 e. The van der Waals surface area contributed by atoms with Crippen molar-refractivity contribution in [2.45, 2.75) is 25.2 Å². The predicted molar refractivity (Wildman–Crippen MR) is 94.5 cm³/mol. The number of carbonyl (C=O) groups is 1. The van der Waals surface area contributed by atoms with Crippen LogP contribution in [0.15, 0.2) is 28.7 Å². The largest absolute Gasteiger partial charge is 0.385 e. The summed E-state index contributed by atoms with van der Waals surface area (Å²) in [6.45, 7) is 1.28. The molecule has 6 nitrogen and oxygen atoms in total. The molecular formula is C17H21BrN4O2. The molecule has 1 aromatic heterocycles. The number of carbonyl (C=O) groups excluding carboxylic acids is 1. The Kier molecular flexibility index (Phi) is 5.30. The first kappa shape index (κ1) is 17.1. The third-order valence-corrected chi connectivity index (χ3v) is 4.66. The van der Waals surface area contributed by atoms with Crippen LogP contribution in [0, 0.1) is 0 Å². The summed E-state index contributed by atoms with van der Waals surface area (Å²) < 4.78 is 7.86. The quantitative estimate of drug-likeness (QED) is 0.679. The van der Waals surface area contributed by atoms with E-state index in [-0.39, 0.29) is 5.91 Å². The van der Waals surface area contributed by atoms with Gasteiger partial charge in [-0.2, -0.15) is 0 Å². The van der Waals surface area contributed by atoms with Gasteiger partial charge in [-0.05, 0) is 43.5 Å². The van der Waals surface area contributed by atoms with Gasteiger partial charge in [-0.1, -0.05) is 21.1 Å². The van der Waals surface area contributed by atoms with E-state index < -0.39 is 0 Å². The lowest BCUT2D eigenvalue weighted by Crippen LogP contribution is -2.29. The Morgan fingerprint density at radius 1 is 1.38 bits per heavy atom. The molecule has 1 aliphatic rings. The molecule has 0 N–H and O–H groups in total. The van der Waals surface area contributed by atoms with E-state index in [2.05, 4.69) is 26.2 Å². The monoisotopic (exact) mass is 392 g/mol. The van der Waals surface area contributed by atoms with Crippen molar-refractivity contribution >= 4 is 21.8 Å². The SMILES string of the molecule is COCCCN(C)C(=O)c1nnn(-c2ccc(Br)cc2)c1C1CC1. The number of aromatic nitrogens is 3. The van der Waals surface area contributed by atoms with Crippen molar-refractivity contribution in [2.75, 3.05) is 27.3 Å². The number of nitrogens with zero attached hydrogens (tertiary/aromatic N) is 4. The molecule has 1 saturated carbocycles. The van der Waals surface area contributed by atoms with Gasteiger partial charge in [-0.3, -0.25) is 4.79 Å². The fourth-order valence-corrected chi connectivity index (χ4v) is 2.93. The minimum atomic E-state index is -0.0728. The molecule has 1 aliphatic carbocycles. The zero-order chi connectivity index (χ0) is 17.1. The highest BCUT2D eigenvalue weighted by molar-refractivity contribution is 9.10. The summed E-state index contributed by atoms with van der Waals surface area (Å²) >= 11 is 3.44. The summed E-state index contributed by atoms with van der Waals surface area (Å²) in [4.78, 5) is 14.4. The Hall–Kier alpha value is -1.73. The van der Waals surface area contributed by atoms with Crippen molar-refractivity contribution < 1.29 is 9.53 Å². The van der Waals surface area contributed by atoms with Crippen LogP contribution in [0.5, 0.6) is 0 Å². The maximum absolute atomic E-state index is 12.8. The number of methoxy groups -OCH3 is 1. The summed E-state index contributed by atoms with van der Waals surface area (Å²) in [5.41, 5.74) is 2.33. The van der Waals surface area contributed by atoms with Crippen molar-refractivity contribution in [1.82, 2.24) is 19.9 Å². The van der Waals surface area contributed by atoms with Gasteiger partial charge >= 0.3 is 0 Å². The zero-order valence-electron chi connectivity index (χ0n) is 13.9.